The van der Waals surface area contributed by atoms with Crippen molar-refractivity contribution in [3.05, 3.63) is 16.3 Å². The molecule has 152 valence electrons. The van der Waals surface area contributed by atoms with Crippen molar-refractivity contribution in [3.63, 3.8) is 0 Å². The normalized spacial score (nSPS) is 25.5. The van der Waals surface area contributed by atoms with Gasteiger partial charge in [-0.25, -0.2) is 9.97 Å². The summed E-state index contributed by atoms with van der Waals surface area (Å²) in [5.74, 6) is 2.17. The van der Waals surface area contributed by atoms with Crippen molar-refractivity contribution in [2.45, 2.75) is 56.4 Å². The minimum Gasteiger partial charge on any atom is -0.379 e. The first kappa shape index (κ1) is 19.1. The Labute approximate surface area is 175 Å². The van der Waals surface area contributed by atoms with Gasteiger partial charge in [-0.3, -0.25) is 4.90 Å². The maximum absolute atomic E-state index is 5.51. The zero-order valence-electron chi connectivity index (χ0n) is 16.9. The highest BCUT2D eigenvalue weighted by atomic mass is 32.2. The molecule has 1 saturated heterocycles. The number of hydrogen-bond acceptors (Lipinski definition) is 7. The number of anilines is 1. The number of hydrogen-bond donors (Lipinski definition) is 0. The number of fused-ring (bicyclic) bond motifs is 3. The minimum atomic E-state index is 0.585. The van der Waals surface area contributed by atoms with Crippen LogP contribution in [0.4, 0.5) is 5.82 Å². The summed E-state index contributed by atoms with van der Waals surface area (Å²) in [4.78, 5) is 17.9. The molecule has 5 rings (SSSR count). The molecule has 28 heavy (non-hydrogen) atoms. The van der Waals surface area contributed by atoms with Crippen molar-refractivity contribution in [3.8, 4) is 0 Å². The molecule has 1 aliphatic heterocycles. The van der Waals surface area contributed by atoms with E-state index in [0.29, 0.717) is 11.3 Å². The minimum absolute atomic E-state index is 0.585. The predicted octanol–water partition coefficient (Wildman–Crippen LogP) is 3.73. The van der Waals surface area contributed by atoms with E-state index in [2.05, 4.69) is 23.1 Å². The van der Waals surface area contributed by atoms with Crippen molar-refractivity contribution in [2.75, 3.05) is 44.5 Å². The first-order valence-electron chi connectivity index (χ1n) is 10.6. The van der Waals surface area contributed by atoms with E-state index in [4.69, 9.17) is 14.7 Å². The number of thioether (sulfide) groups is 1. The number of thiophene rings is 1. The summed E-state index contributed by atoms with van der Waals surface area (Å²) in [6, 6.07) is 0.585. The topological polar surface area (TPSA) is 41.5 Å². The van der Waals surface area contributed by atoms with E-state index in [9.17, 15) is 0 Å². The molecule has 2 aromatic heterocycles. The van der Waals surface area contributed by atoms with Crippen LogP contribution in [-0.2, 0) is 24.1 Å². The monoisotopic (exact) mass is 418 g/mol. The van der Waals surface area contributed by atoms with E-state index < -0.39 is 0 Å². The Morgan fingerprint density at radius 2 is 2.04 bits per heavy atom. The maximum atomic E-state index is 5.51. The molecule has 2 fully saturated rings. The van der Waals surface area contributed by atoms with Gasteiger partial charge < -0.3 is 9.64 Å². The first-order chi connectivity index (χ1) is 13.7. The van der Waals surface area contributed by atoms with Gasteiger partial charge in [0.25, 0.3) is 0 Å². The zero-order valence-corrected chi connectivity index (χ0v) is 18.6. The summed E-state index contributed by atoms with van der Waals surface area (Å²) in [6.07, 6.45) is 9.89. The molecule has 1 saturated carbocycles. The van der Waals surface area contributed by atoms with Crippen molar-refractivity contribution >= 4 is 39.1 Å². The molecular weight excluding hydrogens is 388 g/mol. The summed E-state index contributed by atoms with van der Waals surface area (Å²) in [5.41, 5.74) is 1.54. The lowest BCUT2D eigenvalue weighted by molar-refractivity contribution is 0.0331. The number of ether oxygens (including phenoxy) is 1. The molecule has 2 atom stereocenters. The largest absolute Gasteiger partial charge is 0.379 e. The van der Waals surface area contributed by atoms with E-state index in [1.165, 1.54) is 54.6 Å². The van der Waals surface area contributed by atoms with E-state index in [0.717, 1.165) is 38.7 Å². The number of morpholine rings is 1. The van der Waals surface area contributed by atoms with Crippen LogP contribution in [0.3, 0.4) is 0 Å². The van der Waals surface area contributed by atoms with Crippen LogP contribution in [0.1, 0.15) is 41.9 Å². The lowest BCUT2D eigenvalue weighted by Crippen LogP contribution is -2.38. The Hall–Kier alpha value is -0.890. The third-order valence-electron chi connectivity index (χ3n) is 6.61. The average Bonchev–Trinajstić information content (AvgIpc) is 3.43. The Balaban J connectivity index is 1.54. The molecular formula is C21H30N4OS2. The molecule has 2 unspecified atom stereocenters. The van der Waals surface area contributed by atoms with Crippen LogP contribution < -0.4 is 4.90 Å². The fourth-order valence-corrected chi connectivity index (χ4v) is 7.40. The molecule has 0 aromatic carbocycles. The van der Waals surface area contributed by atoms with Gasteiger partial charge in [0.1, 0.15) is 16.5 Å². The highest BCUT2D eigenvalue weighted by Gasteiger charge is 2.33. The van der Waals surface area contributed by atoms with Gasteiger partial charge in [0, 0.05) is 36.3 Å². The number of rotatable bonds is 5. The van der Waals surface area contributed by atoms with Crippen LogP contribution in [0.25, 0.3) is 10.2 Å². The second kappa shape index (κ2) is 8.09. The lowest BCUT2D eigenvalue weighted by Gasteiger charge is -2.31. The van der Waals surface area contributed by atoms with Crippen LogP contribution in [0.2, 0.25) is 0 Å². The molecule has 5 nitrogen and oxygen atoms in total. The van der Waals surface area contributed by atoms with Crippen molar-refractivity contribution in [2.24, 2.45) is 0 Å². The Morgan fingerprint density at radius 1 is 1.18 bits per heavy atom. The second-order valence-corrected chi connectivity index (χ2v) is 10.4. The van der Waals surface area contributed by atoms with Crippen molar-refractivity contribution in [1.29, 1.82) is 0 Å². The van der Waals surface area contributed by atoms with Gasteiger partial charge in [0.05, 0.1) is 25.1 Å². The van der Waals surface area contributed by atoms with Gasteiger partial charge in [-0.05, 0) is 43.9 Å². The second-order valence-electron chi connectivity index (χ2n) is 8.27. The molecule has 7 heteroatoms. The summed E-state index contributed by atoms with van der Waals surface area (Å²) in [7, 11) is 2.28. The summed E-state index contributed by atoms with van der Waals surface area (Å²) >= 11 is 3.94. The third kappa shape index (κ3) is 3.44. The van der Waals surface area contributed by atoms with Crippen molar-refractivity contribution < 1.29 is 4.74 Å². The molecule has 3 heterocycles. The van der Waals surface area contributed by atoms with Gasteiger partial charge in [-0.2, -0.15) is 11.8 Å². The van der Waals surface area contributed by atoms with Crippen LogP contribution in [-0.4, -0.2) is 65.8 Å². The smallest absolute Gasteiger partial charge is 0.146 e. The molecule has 0 radical (unpaired) electrons. The van der Waals surface area contributed by atoms with E-state index >= 15 is 0 Å². The third-order valence-corrected chi connectivity index (χ3v) is 8.95. The van der Waals surface area contributed by atoms with Gasteiger partial charge in [0.15, 0.2) is 0 Å². The van der Waals surface area contributed by atoms with Crippen molar-refractivity contribution in [1.82, 2.24) is 14.9 Å². The Morgan fingerprint density at radius 3 is 2.86 bits per heavy atom. The molecule has 0 amide bonds. The van der Waals surface area contributed by atoms with Gasteiger partial charge >= 0.3 is 0 Å². The van der Waals surface area contributed by atoms with Crippen LogP contribution in [0, 0.1) is 0 Å². The SMILES string of the molecule is CSC1CCCC1N(C)c1nc(CN2CCOCC2)nc2sc3c(c12)CCC3. The maximum Gasteiger partial charge on any atom is 0.146 e. The predicted molar refractivity (Wildman–Crippen MR) is 119 cm³/mol. The Bertz CT molecular complexity index is 849. The summed E-state index contributed by atoms with van der Waals surface area (Å²) in [6.45, 7) is 4.42. The molecule has 0 bridgehead atoms. The number of nitrogens with zero attached hydrogens (tertiary/aromatic N) is 4. The summed E-state index contributed by atoms with van der Waals surface area (Å²) in [5, 5.41) is 2.07. The van der Waals surface area contributed by atoms with E-state index in [1.807, 2.05) is 23.1 Å². The lowest BCUT2D eigenvalue weighted by atomic mass is 10.1. The molecule has 2 aliphatic carbocycles. The zero-order chi connectivity index (χ0) is 19.1. The average molecular weight is 419 g/mol. The molecule has 0 spiro atoms. The fourth-order valence-electron chi connectivity index (χ4n) is 5.09. The van der Waals surface area contributed by atoms with Gasteiger partial charge in [-0.15, -0.1) is 11.3 Å². The number of aryl methyl sites for hydroxylation is 2. The molecule has 0 N–H and O–H groups in total. The Kier molecular flexibility index (Phi) is 5.52. The van der Waals surface area contributed by atoms with Crippen LogP contribution in [0.5, 0.6) is 0 Å². The van der Waals surface area contributed by atoms with E-state index in [1.54, 1.807) is 10.4 Å². The highest BCUT2D eigenvalue weighted by Crippen LogP contribution is 2.42. The number of aromatic nitrogens is 2. The van der Waals surface area contributed by atoms with Gasteiger partial charge in [0.2, 0.25) is 0 Å². The van der Waals surface area contributed by atoms with E-state index in [-0.39, 0.29) is 0 Å². The summed E-state index contributed by atoms with van der Waals surface area (Å²) < 4.78 is 5.51. The highest BCUT2D eigenvalue weighted by molar-refractivity contribution is 7.99. The molecule has 2 aromatic rings. The molecule has 3 aliphatic rings. The van der Waals surface area contributed by atoms with Gasteiger partial charge in [-0.1, -0.05) is 6.42 Å². The standard InChI is InChI=1S/C21H30N4OS2/c1-24(15-6-4-8-17(15)27-2)20-19-14-5-3-7-16(14)28-21(19)23-18(22-20)13-25-9-11-26-12-10-25/h15,17H,3-13H2,1-2H3. The quantitative estimate of drug-likeness (QED) is 0.737. The fraction of sp³-hybridized carbons (Fsp3) is 0.714. The van der Waals surface area contributed by atoms with Crippen LogP contribution >= 0.6 is 23.1 Å². The van der Waals surface area contributed by atoms with Crippen LogP contribution in [0.15, 0.2) is 0 Å². The first-order valence-corrected chi connectivity index (χ1v) is 12.7.